The van der Waals surface area contributed by atoms with Crippen molar-refractivity contribution in [3.8, 4) is 11.5 Å². The van der Waals surface area contributed by atoms with E-state index in [9.17, 15) is 12.8 Å². The van der Waals surface area contributed by atoms with E-state index in [1.54, 1.807) is 36.4 Å². The lowest BCUT2D eigenvalue weighted by Gasteiger charge is -2.31. The number of piperidine rings is 1. The van der Waals surface area contributed by atoms with Crippen molar-refractivity contribution >= 4 is 10.0 Å². The number of benzene rings is 2. The Bertz CT molecular complexity index is 843. The van der Waals surface area contributed by atoms with Crippen molar-refractivity contribution in [1.82, 2.24) is 4.31 Å². The lowest BCUT2D eigenvalue weighted by atomic mass is 10.1. The molecule has 1 aliphatic rings. The van der Waals surface area contributed by atoms with Crippen molar-refractivity contribution < 1.29 is 22.3 Å². The summed E-state index contributed by atoms with van der Waals surface area (Å²) in [6.45, 7) is 4.61. The number of sulfonamides is 1. The Hall–Kier alpha value is -2.12. The van der Waals surface area contributed by atoms with Gasteiger partial charge in [0.15, 0.2) is 0 Å². The second-order valence-electron chi connectivity index (χ2n) is 6.81. The van der Waals surface area contributed by atoms with Crippen LogP contribution in [0.15, 0.2) is 53.4 Å². The Kier molecular flexibility index (Phi) is 6.01. The van der Waals surface area contributed by atoms with E-state index in [2.05, 4.69) is 0 Å². The Morgan fingerprint density at radius 3 is 2.07 bits per heavy atom. The molecule has 5 nitrogen and oxygen atoms in total. The van der Waals surface area contributed by atoms with E-state index in [-0.39, 0.29) is 22.9 Å². The Morgan fingerprint density at radius 2 is 1.52 bits per heavy atom. The van der Waals surface area contributed by atoms with E-state index in [1.165, 1.54) is 16.4 Å². The second kappa shape index (κ2) is 8.27. The molecule has 1 aliphatic heterocycles. The quantitative estimate of drug-likeness (QED) is 0.748. The standard InChI is InChI=1S/C20H24FNO4S/c1-15(2)25-17-7-9-20(10-8-17)27(23,24)22-13-11-19(12-14-22)26-18-5-3-16(21)4-6-18/h3-10,15,19H,11-14H2,1-2H3. The summed E-state index contributed by atoms with van der Waals surface area (Å²) in [6.07, 6.45) is 1.13. The third kappa shape index (κ3) is 4.99. The molecule has 0 spiro atoms. The molecule has 0 atom stereocenters. The summed E-state index contributed by atoms with van der Waals surface area (Å²) in [7, 11) is -3.54. The molecule has 1 saturated heterocycles. The maximum absolute atomic E-state index is 13.0. The molecule has 146 valence electrons. The fourth-order valence-electron chi connectivity index (χ4n) is 3.01. The van der Waals surface area contributed by atoms with Gasteiger partial charge in [-0.3, -0.25) is 0 Å². The molecular formula is C20H24FNO4S. The zero-order valence-electron chi connectivity index (χ0n) is 15.5. The zero-order chi connectivity index (χ0) is 19.4. The lowest BCUT2D eigenvalue weighted by Crippen LogP contribution is -2.41. The number of halogens is 1. The third-order valence-electron chi connectivity index (χ3n) is 4.35. The second-order valence-corrected chi connectivity index (χ2v) is 8.75. The molecule has 0 saturated carbocycles. The van der Waals surface area contributed by atoms with Crippen LogP contribution in [0.25, 0.3) is 0 Å². The van der Waals surface area contributed by atoms with E-state index in [1.807, 2.05) is 13.8 Å². The van der Waals surface area contributed by atoms with E-state index in [0.717, 1.165) is 0 Å². The molecule has 0 amide bonds. The first-order valence-corrected chi connectivity index (χ1v) is 10.5. The SMILES string of the molecule is CC(C)Oc1ccc(S(=O)(=O)N2CCC(Oc3ccc(F)cc3)CC2)cc1. The highest BCUT2D eigenvalue weighted by molar-refractivity contribution is 7.89. The van der Waals surface area contributed by atoms with Gasteiger partial charge in [-0.1, -0.05) is 0 Å². The number of rotatable bonds is 6. The first-order chi connectivity index (χ1) is 12.8. The molecule has 27 heavy (non-hydrogen) atoms. The van der Waals surface area contributed by atoms with E-state index < -0.39 is 10.0 Å². The molecule has 0 aliphatic carbocycles. The van der Waals surface area contributed by atoms with Gasteiger partial charge in [0.2, 0.25) is 10.0 Å². The van der Waals surface area contributed by atoms with Gasteiger partial charge in [0.25, 0.3) is 0 Å². The van der Waals surface area contributed by atoms with Crippen LogP contribution in [0.3, 0.4) is 0 Å². The maximum Gasteiger partial charge on any atom is 0.243 e. The lowest BCUT2D eigenvalue weighted by molar-refractivity contribution is 0.135. The van der Waals surface area contributed by atoms with Crippen molar-refractivity contribution in [1.29, 1.82) is 0 Å². The Morgan fingerprint density at radius 1 is 0.963 bits per heavy atom. The summed E-state index contributed by atoms with van der Waals surface area (Å²) in [5, 5.41) is 0. The molecule has 1 fully saturated rings. The minimum Gasteiger partial charge on any atom is -0.491 e. The van der Waals surface area contributed by atoms with Crippen LogP contribution in [-0.4, -0.2) is 38.0 Å². The van der Waals surface area contributed by atoms with Gasteiger partial charge in [-0.05, 0) is 75.2 Å². The minimum atomic E-state index is -3.54. The highest BCUT2D eigenvalue weighted by Gasteiger charge is 2.30. The molecule has 3 rings (SSSR count). The third-order valence-corrected chi connectivity index (χ3v) is 6.26. The number of ether oxygens (including phenoxy) is 2. The topological polar surface area (TPSA) is 55.8 Å². The molecule has 7 heteroatoms. The summed E-state index contributed by atoms with van der Waals surface area (Å²) in [6, 6.07) is 12.4. The monoisotopic (exact) mass is 393 g/mol. The van der Waals surface area contributed by atoms with Crippen LogP contribution in [0.1, 0.15) is 26.7 Å². The zero-order valence-corrected chi connectivity index (χ0v) is 16.3. The van der Waals surface area contributed by atoms with Crippen molar-refractivity contribution in [2.75, 3.05) is 13.1 Å². The largest absolute Gasteiger partial charge is 0.491 e. The molecule has 0 bridgehead atoms. The molecular weight excluding hydrogens is 369 g/mol. The first-order valence-electron chi connectivity index (χ1n) is 9.04. The summed E-state index contributed by atoms with van der Waals surface area (Å²) >= 11 is 0. The van der Waals surface area contributed by atoms with Crippen molar-refractivity contribution in [2.45, 2.75) is 43.8 Å². The highest BCUT2D eigenvalue weighted by Crippen LogP contribution is 2.25. The van der Waals surface area contributed by atoms with Gasteiger partial charge in [-0.15, -0.1) is 0 Å². The predicted molar refractivity (Wildman–Crippen MR) is 101 cm³/mol. The highest BCUT2D eigenvalue weighted by atomic mass is 32.2. The Balaban J connectivity index is 1.59. The van der Waals surface area contributed by atoms with Crippen LogP contribution in [0.5, 0.6) is 11.5 Å². The fraction of sp³-hybridized carbons (Fsp3) is 0.400. The van der Waals surface area contributed by atoms with E-state index in [4.69, 9.17) is 9.47 Å². The van der Waals surface area contributed by atoms with Crippen LogP contribution in [0.4, 0.5) is 4.39 Å². The Labute approximate surface area is 159 Å². The van der Waals surface area contributed by atoms with Crippen molar-refractivity contribution in [2.24, 2.45) is 0 Å². The average molecular weight is 393 g/mol. The number of hydrogen-bond donors (Lipinski definition) is 0. The molecule has 0 unspecified atom stereocenters. The van der Waals surface area contributed by atoms with Crippen LogP contribution in [0, 0.1) is 5.82 Å². The number of hydrogen-bond acceptors (Lipinski definition) is 4. The normalized spacial score (nSPS) is 16.4. The van der Waals surface area contributed by atoms with Crippen LogP contribution >= 0.6 is 0 Å². The van der Waals surface area contributed by atoms with Crippen LogP contribution < -0.4 is 9.47 Å². The molecule has 0 radical (unpaired) electrons. The summed E-state index contributed by atoms with van der Waals surface area (Å²) in [5.41, 5.74) is 0. The average Bonchev–Trinajstić information content (AvgIpc) is 2.64. The van der Waals surface area contributed by atoms with Gasteiger partial charge in [0, 0.05) is 13.1 Å². The van der Waals surface area contributed by atoms with Crippen molar-refractivity contribution in [3.05, 3.63) is 54.3 Å². The molecule has 2 aromatic carbocycles. The number of nitrogens with zero attached hydrogens (tertiary/aromatic N) is 1. The van der Waals surface area contributed by atoms with Crippen molar-refractivity contribution in [3.63, 3.8) is 0 Å². The smallest absolute Gasteiger partial charge is 0.243 e. The van der Waals surface area contributed by atoms with Gasteiger partial charge in [0.05, 0.1) is 11.0 Å². The van der Waals surface area contributed by atoms with Gasteiger partial charge in [-0.2, -0.15) is 4.31 Å². The molecule has 2 aromatic rings. The predicted octanol–water partition coefficient (Wildman–Crippen LogP) is 3.85. The summed E-state index contributed by atoms with van der Waals surface area (Å²) in [4.78, 5) is 0.261. The molecule has 0 aromatic heterocycles. The minimum absolute atomic E-state index is 0.0348. The summed E-state index contributed by atoms with van der Waals surface area (Å²) in [5.74, 6) is 0.932. The van der Waals surface area contributed by atoms with Gasteiger partial charge >= 0.3 is 0 Å². The van der Waals surface area contributed by atoms with Gasteiger partial charge in [-0.25, -0.2) is 12.8 Å². The maximum atomic E-state index is 13.0. The summed E-state index contributed by atoms with van der Waals surface area (Å²) < 4.78 is 51.5. The fourth-order valence-corrected chi connectivity index (χ4v) is 4.48. The molecule has 1 heterocycles. The van der Waals surface area contributed by atoms with Gasteiger partial charge < -0.3 is 9.47 Å². The van der Waals surface area contributed by atoms with E-state index >= 15 is 0 Å². The first kappa shape index (κ1) is 19.6. The van der Waals surface area contributed by atoms with Gasteiger partial charge in [0.1, 0.15) is 23.4 Å². The molecule has 0 N–H and O–H groups in total. The van der Waals surface area contributed by atoms with Crippen LogP contribution in [0.2, 0.25) is 0 Å². The van der Waals surface area contributed by atoms with Crippen LogP contribution in [-0.2, 0) is 10.0 Å². The van der Waals surface area contributed by atoms with E-state index in [0.29, 0.717) is 37.4 Å².